The van der Waals surface area contributed by atoms with E-state index in [1.807, 2.05) is 76.2 Å². The molecular weight excluding hydrogens is 456 g/mol. The van der Waals surface area contributed by atoms with Crippen LogP contribution in [-0.4, -0.2) is 29.8 Å². The van der Waals surface area contributed by atoms with Gasteiger partial charge in [0.15, 0.2) is 0 Å². The van der Waals surface area contributed by atoms with Crippen LogP contribution in [0.5, 0.6) is 17.4 Å². The van der Waals surface area contributed by atoms with Gasteiger partial charge < -0.3 is 24.8 Å². The third kappa shape index (κ3) is 8.51. The van der Waals surface area contributed by atoms with Crippen LogP contribution in [0.1, 0.15) is 44.4 Å². The van der Waals surface area contributed by atoms with E-state index in [4.69, 9.17) is 14.2 Å². The SMILES string of the molecule is COc1ccc(CNc2cc(C#N)cc(Oc3ccc(CC(C)NC(=O)OC(C)(C)C)cc3)n2)cc1. The minimum absolute atomic E-state index is 0.0973. The van der Waals surface area contributed by atoms with Crippen molar-refractivity contribution >= 4 is 11.9 Å². The molecule has 0 radical (unpaired) electrons. The number of aromatic nitrogens is 1. The smallest absolute Gasteiger partial charge is 0.407 e. The van der Waals surface area contributed by atoms with E-state index in [2.05, 4.69) is 21.7 Å². The normalized spacial score (nSPS) is 11.7. The molecule has 0 aliphatic heterocycles. The third-order valence-electron chi connectivity index (χ3n) is 5.01. The van der Waals surface area contributed by atoms with E-state index in [9.17, 15) is 10.1 Å². The van der Waals surface area contributed by atoms with Crippen molar-refractivity contribution in [3.05, 3.63) is 77.4 Å². The second-order valence-corrected chi connectivity index (χ2v) is 9.39. The number of amides is 1. The zero-order valence-electron chi connectivity index (χ0n) is 21.3. The number of nitriles is 1. The molecule has 1 amide bonds. The van der Waals surface area contributed by atoms with Crippen molar-refractivity contribution in [3.8, 4) is 23.4 Å². The largest absolute Gasteiger partial charge is 0.497 e. The number of nitrogens with one attached hydrogen (secondary N) is 2. The van der Waals surface area contributed by atoms with Gasteiger partial charge in [0.1, 0.15) is 22.9 Å². The second kappa shape index (κ2) is 11.9. The molecule has 0 saturated heterocycles. The lowest BCUT2D eigenvalue weighted by Crippen LogP contribution is -2.38. The van der Waals surface area contributed by atoms with Gasteiger partial charge >= 0.3 is 6.09 Å². The minimum Gasteiger partial charge on any atom is -0.497 e. The van der Waals surface area contributed by atoms with Gasteiger partial charge in [-0.1, -0.05) is 24.3 Å². The number of benzene rings is 2. The number of carbonyl (C=O) groups is 1. The monoisotopic (exact) mass is 488 g/mol. The van der Waals surface area contributed by atoms with Crippen LogP contribution in [0.25, 0.3) is 0 Å². The van der Waals surface area contributed by atoms with E-state index in [1.54, 1.807) is 19.2 Å². The van der Waals surface area contributed by atoms with Crippen molar-refractivity contribution in [2.75, 3.05) is 12.4 Å². The van der Waals surface area contributed by atoms with Crippen LogP contribution in [0.2, 0.25) is 0 Å². The first kappa shape index (κ1) is 26.4. The summed E-state index contributed by atoms with van der Waals surface area (Å²) >= 11 is 0. The summed E-state index contributed by atoms with van der Waals surface area (Å²) in [6, 6.07) is 20.6. The van der Waals surface area contributed by atoms with Gasteiger partial charge in [-0.3, -0.25) is 0 Å². The van der Waals surface area contributed by atoms with Gasteiger partial charge in [0, 0.05) is 18.7 Å². The van der Waals surface area contributed by atoms with Crippen molar-refractivity contribution < 1.29 is 19.0 Å². The molecule has 36 heavy (non-hydrogen) atoms. The topological polar surface area (TPSA) is 106 Å². The predicted molar refractivity (Wildman–Crippen MR) is 138 cm³/mol. The van der Waals surface area contributed by atoms with Crippen molar-refractivity contribution in [1.29, 1.82) is 5.26 Å². The molecule has 8 heteroatoms. The number of anilines is 1. The Kier molecular flexibility index (Phi) is 8.74. The highest BCUT2D eigenvalue weighted by molar-refractivity contribution is 5.68. The fraction of sp³-hybridized carbons (Fsp3) is 0.321. The number of hydrogen-bond donors (Lipinski definition) is 2. The third-order valence-corrected chi connectivity index (χ3v) is 5.01. The summed E-state index contributed by atoms with van der Waals surface area (Å²) in [4.78, 5) is 16.4. The van der Waals surface area contributed by atoms with Gasteiger partial charge in [-0.05, 0) is 75.6 Å². The van der Waals surface area contributed by atoms with E-state index in [0.717, 1.165) is 16.9 Å². The minimum atomic E-state index is -0.537. The van der Waals surface area contributed by atoms with Gasteiger partial charge in [-0.15, -0.1) is 0 Å². The standard InChI is InChI=1S/C28H32N4O4/c1-19(31-27(33)36-28(2,3)4)14-20-6-12-24(13-7-20)35-26-16-22(17-29)15-25(32-26)30-18-21-8-10-23(34-5)11-9-21/h6-13,15-16,19H,14,18H2,1-5H3,(H,30,32)(H,31,33). The van der Waals surface area contributed by atoms with Gasteiger partial charge in [0.05, 0.1) is 18.7 Å². The Hall–Kier alpha value is -4.25. The highest BCUT2D eigenvalue weighted by Crippen LogP contribution is 2.24. The molecule has 1 atom stereocenters. The van der Waals surface area contributed by atoms with Crippen molar-refractivity contribution in [3.63, 3.8) is 0 Å². The van der Waals surface area contributed by atoms with E-state index in [1.165, 1.54) is 0 Å². The summed E-state index contributed by atoms with van der Waals surface area (Å²) in [5.41, 5.74) is 1.99. The molecule has 0 aliphatic carbocycles. The van der Waals surface area contributed by atoms with Crippen molar-refractivity contribution in [2.24, 2.45) is 0 Å². The van der Waals surface area contributed by atoms with Crippen molar-refractivity contribution in [2.45, 2.75) is 52.3 Å². The number of pyridine rings is 1. The molecule has 1 aromatic heterocycles. The summed E-state index contributed by atoms with van der Waals surface area (Å²) in [6.45, 7) is 7.95. The molecule has 1 heterocycles. The summed E-state index contributed by atoms with van der Waals surface area (Å²) in [6.07, 6.45) is 0.205. The molecular formula is C28H32N4O4. The number of alkyl carbamates (subject to hydrolysis) is 1. The molecule has 0 aliphatic rings. The van der Waals surface area contributed by atoms with Gasteiger partial charge in [-0.25, -0.2) is 4.79 Å². The molecule has 0 bridgehead atoms. The first-order chi connectivity index (χ1) is 17.1. The number of methoxy groups -OCH3 is 1. The maximum atomic E-state index is 12.0. The average molecular weight is 489 g/mol. The molecule has 0 spiro atoms. The zero-order chi connectivity index (χ0) is 26.1. The summed E-state index contributed by atoms with van der Waals surface area (Å²) < 4.78 is 16.4. The Morgan fingerprint density at radius 3 is 2.28 bits per heavy atom. The molecule has 2 N–H and O–H groups in total. The van der Waals surface area contributed by atoms with Gasteiger partial charge in [-0.2, -0.15) is 10.2 Å². The maximum absolute atomic E-state index is 12.0. The molecule has 0 fully saturated rings. The summed E-state index contributed by atoms with van der Waals surface area (Å²) in [7, 11) is 1.63. The van der Waals surface area contributed by atoms with Crippen LogP contribution in [0.15, 0.2) is 60.7 Å². The molecule has 1 unspecified atom stereocenters. The van der Waals surface area contributed by atoms with E-state index >= 15 is 0 Å². The lowest BCUT2D eigenvalue weighted by atomic mass is 10.1. The number of nitrogens with zero attached hydrogens (tertiary/aromatic N) is 2. The van der Waals surface area contributed by atoms with Crippen LogP contribution in [0, 0.1) is 11.3 Å². The maximum Gasteiger partial charge on any atom is 0.407 e. The number of ether oxygens (including phenoxy) is 3. The fourth-order valence-electron chi connectivity index (χ4n) is 3.38. The second-order valence-electron chi connectivity index (χ2n) is 9.39. The van der Waals surface area contributed by atoms with Crippen LogP contribution in [0.4, 0.5) is 10.6 Å². The van der Waals surface area contributed by atoms with Crippen LogP contribution in [-0.2, 0) is 17.7 Å². The van der Waals surface area contributed by atoms with Crippen LogP contribution >= 0.6 is 0 Å². The van der Waals surface area contributed by atoms with E-state index < -0.39 is 11.7 Å². The van der Waals surface area contributed by atoms with Gasteiger partial charge in [0.2, 0.25) is 5.88 Å². The summed E-state index contributed by atoms with van der Waals surface area (Å²) in [5, 5.41) is 15.5. The van der Waals surface area contributed by atoms with E-state index in [-0.39, 0.29) is 6.04 Å². The van der Waals surface area contributed by atoms with Crippen molar-refractivity contribution in [1.82, 2.24) is 10.3 Å². The zero-order valence-corrected chi connectivity index (χ0v) is 21.3. The highest BCUT2D eigenvalue weighted by atomic mass is 16.6. The number of hydrogen-bond acceptors (Lipinski definition) is 7. The molecule has 188 valence electrons. The molecule has 2 aromatic carbocycles. The highest BCUT2D eigenvalue weighted by Gasteiger charge is 2.17. The Labute approximate surface area is 212 Å². The quantitative estimate of drug-likeness (QED) is 0.391. The molecule has 3 rings (SSSR count). The average Bonchev–Trinajstić information content (AvgIpc) is 2.82. The number of carbonyl (C=O) groups excluding carboxylic acids is 1. The number of rotatable bonds is 9. The lowest BCUT2D eigenvalue weighted by Gasteiger charge is -2.22. The summed E-state index contributed by atoms with van der Waals surface area (Å²) in [5.74, 6) is 2.24. The molecule has 0 saturated carbocycles. The first-order valence-corrected chi connectivity index (χ1v) is 11.7. The Morgan fingerprint density at radius 1 is 1.03 bits per heavy atom. The fourth-order valence-corrected chi connectivity index (χ4v) is 3.38. The lowest BCUT2D eigenvalue weighted by molar-refractivity contribution is 0.0508. The Morgan fingerprint density at radius 2 is 1.67 bits per heavy atom. The molecule has 3 aromatic rings. The van der Waals surface area contributed by atoms with Crippen LogP contribution < -0.4 is 20.1 Å². The van der Waals surface area contributed by atoms with Gasteiger partial charge in [0.25, 0.3) is 0 Å². The van der Waals surface area contributed by atoms with Crippen LogP contribution in [0.3, 0.4) is 0 Å². The Balaban J connectivity index is 1.60. The molecule has 8 nitrogen and oxygen atoms in total. The first-order valence-electron chi connectivity index (χ1n) is 11.7. The predicted octanol–water partition coefficient (Wildman–Crippen LogP) is 5.82. The van der Waals surface area contributed by atoms with E-state index in [0.29, 0.717) is 36.0 Å². The Bertz CT molecular complexity index is 1200.